The summed E-state index contributed by atoms with van der Waals surface area (Å²) in [5.41, 5.74) is -0.623. The molecule has 3 aliphatic heterocycles. The molecule has 2 saturated heterocycles. The third-order valence-corrected chi connectivity index (χ3v) is 6.24. The van der Waals surface area contributed by atoms with Crippen LogP contribution < -0.4 is 5.32 Å². The van der Waals surface area contributed by atoms with Crippen LogP contribution in [0.3, 0.4) is 0 Å². The molecule has 3 aliphatic rings. The largest absolute Gasteiger partial charge is 0.507 e. The number of fused-ring (bicyclic) bond motifs is 2. The number of alkyl halides is 2. The van der Waals surface area contributed by atoms with Gasteiger partial charge in [0.1, 0.15) is 22.9 Å². The molecule has 11 heteroatoms. The Morgan fingerprint density at radius 2 is 2.03 bits per heavy atom. The summed E-state index contributed by atoms with van der Waals surface area (Å²) in [5, 5.41) is 32.2. The predicted octanol–water partition coefficient (Wildman–Crippen LogP) is 2.63. The zero-order valence-electron chi connectivity index (χ0n) is 17.0. The summed E-state index contributed by atoms with van der Waals surface area (Å²) >= 11 is 0. The maximum absolute atomic E-state index is 14.8. The van der Waals surface area contributed by atoms with Crippen molar-refractivity contribution >= 4 is 5.82 Å². The first-order valence-corrected chi connectivity index (χ1v) is 10.3. The van der Waals surface area contributed by atoms with E-state index in [1.165, 1.54) is 0 Å². The normalized spacial score (nSPS) is 27.3. The molecule has 0 aliphatic carbocycles. The van der Waals surface area contributed by atoms with E-state index in [9.17, 15) is 23.4 Å². The van der Waals surface area contributed by atoms with E-state index in [4.69, 9.17) is 14.2 Å². The molecule has 5 rings (SSSR count). The number of anilines is 1. The quantitative estimate of drug-likeness (QED) is 0.649. The Hall–Kier alpha value is -2.47. The molecule has 4 heterocycles. The Morgan fingerprint density at radius 1 is 1.19 bits per heavy atom. The van der Waals surface area contributed by atoms with Crippen molar-refractivity contribution in [1.29, 1.82) is 0 Å². The van der Waals surface area contributed by atoms with Gasteiger partial charge in [0.2, 0.25) is 0 Å². The van der Waals surface area contributed by atoms with E-state index in [0.717, 1.165) is 6.07 Å². The lowest BCUT2D eigenvalue weighted by molar-refractivity contribution is -0.0420. The number of benzene rings is 1. The summed E-state index contributed by atoms with van der Waals surface area (Å²) in [6, 6.07) is 1.18. The van der Waals surface area contributed by atoms with Crippen molar-refractivity contribution in [3.8, 4) is 17.0 Å². The van der Waals surface area contributed by atoms with E-state index >= 15 is 0 Å². The maximum atomic E-state index is 14.8. The van der Waals surface area contributed by atoms with Gasteiger partial charge < -0.3 is 29.7 Å². The molecule has 2 aromatic rings. The van der Waals surface area contributed by atoms with Crippen LogP contribution in [-0.4, -0.2) is 59.0 Å². The summed E-state index contributed by atoms with van der Waals surface area (Å²) in [6.45, 7) is 1.44. The van der Waals surface area contributed by atoms with Gasteiger partial charge in [-0.25, -0.2) is 13.2 Å². The van der Waals surface area contributed by atoms with Gasteiger partial charge in [0, 0.05) is 36.3 Å². The lowest BCUT2D eigenvalue weighted by atomic mass is 9.89. The van der Waals surface area contributed by atoms with Crippen LogP contribution in [0.25, 0.3) is 11.3 Å². The van der Waals surface area contributed by atoms with Crippen LogP contribution in [0.1, 0.15) is 36.0 Å². The Morgan fingerprint density at radius 3 is 2.72 bits per heavy atom. The van der Waals surface area contributed by atoms with E-state index in [0.29, 0.717) is 49.1 Å². The average Bonchev–Trinajstić information content (AvgIpc) is 3.39. The zero-order valence-corrected chi connectivity index (χ0v) is 17.0. The summed E-state index contributed by atoms with van der Waals surface area (Å²) < 4.78 is 57.8. The van der Waals surface area contributed by atoms with Crippen LogP contribution in [0, 0.1) is 5.82 Å². The average molecular weight is 453 g/mol. The number of aromatic nitrogens is 2. The minimum atomic E-state index is -2.93. The number of hydrogen-bond acceptors (Lipinski definition) is 8. The summed E-state index contributed by atoms with van der Waals surface area (Å²) in [5.74, 6) is -1.30. The second-order valence-corrected chi connectivity index (χ2v) is 8.22. The standard InChI is InChI=1S/C21H22F3N3O5/c22-12-5-10(19(23)24)6-14(28)16(12)18-11-7-32-21(2-4-31-9-21)17(11)20(27-26-18)25-13-1-3-30-8-15(13)29/h5-6,13,15,19,28-29H,1-4,7-9H2,(H,25,27)/t13-,15-,21+/m1/s1. The van der Waals surface area contributed by atoms with Crippen molar-refractivity contribution < 1.29 is 37.6 Å². The number of phenolic OH excluding ortho intramolecular Hbond substituents is 1. The Bertz CT molecular complexity index is 1010. The van der Waals surface area contributed by atoms with Crippen LogP contribution >= 0.6 is 0 Å². The number of phenols is 1. The van der Waals surface area contributed by atoms with E-state index in [2.05, 4.69) is 15.5 Å². The molecule has 3 N–H and O–H groups in total. The van der Waals surface area contributed by atoms with Gasteiger partial charge in [-0.2, -0.15) is 0 Å². The lowest BCUT2D eigenvalue weighted by Crippen LogP contribution is -2.42. The summed E-state index contributed by atoms with van der Waals surface area (Å²) in [6.07, 6.45) is -2.59. The zero-order chi connectivity index (χ0) is 22.5. The third-order valence-electron chi connectivity index (χ3n) is 6.24. The number of nitrogens with zero attached hydrogens (tertiary/aromatic N) is 2. The molecule has 1 aromatic heterocycles. The number of aliphatic hydroxyl groups is 1. The fourth-order valence-electron chi connectivity index (χ4n) is 4.58. The molecule has 1 spiro atoms. The van der Waals surface area contributed by atoms with Crippen LogP contribution in [0.5, 0.6) is 5.75 Å². The Kier molecular flexibility index (Phi) is 5.44. The molecule has 0 unspecified atom stereocenters. The molecule has 0 amide bonds. The first kappa shape index (κ1) is 21.4. The number of aromatic hydroxyl groups is 1. The van der Waals surface area contributed by atoms with E-state index in [1.807, 2.05) is 0 Å². The highest BCUT2D eigenvalue weighted by atomic mass is 19.3. The number of halogens is 3. The molecule has 0 radical (unpaired) electrons. The van der Waals surface area contributed by atoms with Gasteiger partial charge in [0.05, 0.1) is 37.5 Å². The van der Waals surface area contributed by atoms with Gasteiger partial charge in [-0.05, 0) is 18.6 Å². The van der Waals surface area contributed by atoms with Crippen LogP contribution in [0.4, 0.5) is 19.0 Å². The third kappa shape index (κ3) is 3.49. The topological polar surface area (TPSA) is 106 Å². The van der Waals surface area contributed by atoms with Gasteiger partial charge in [-0.1, -0.05) is 0 Å². The molecular formula is C21H22F3N3O5. The number of rotatable bonds is 4. The van der Waals surface area contributed by atoms with Gasteiger partial charge in [0.25, 0.3) is 6.43 Å². The molecule has 32 heavy (non-hydrogen) atoms. The smallest absolute Gasteiger partial charge is 0.264 e. The Balaban J connectivity index is 1.62. The second kappa shape index (κ2) is 8.14. The van der Waals surface area contributed by atoms with Crippen molar-refractivity contribution in [2.24, 2.45) is 0 Å². The second-order valence-electron chi connectivity index (χ2n) is 8.22. The Labute approximate surface area is 181 Å². The van der Waals surface area contributed by atoms with Crippen LogP contribution in [0.15, 0.2) is 12.1 Å². The highest BCUT2D eigenvalue weighted by molar-refractivity contribution is 5.74. The minimum Gasteiger partial charge on any atom is -0.507 e. The van der Waals surface area contributed by atoms with E-state index in [1.54, 1.807) is 0 Å². The van der Waals surface area contributed by atoms with Crippen molar-refractivity contribution in [1.82, 2.24) is 10.2 Å². The van der Waals surface area contributed by atoms with Crippen molar-refractivity contribution in [3.63, 3.8) is 0 Å². The SMILES string of the molecule is Oc1cc(C(F)F)cc(F)c1-c1nnc(N[C@@H]2CCOC[C@H]2O)c2c1CO[C@]21CCOC1. The fourth-order valence-corrected chi connectivity index (χ4v) is 4.58. The highest BCUT2D eigenvalue weighted by Crippen LogP contribution is 2.49. The number of hydrogen-bond donors (Lipinski definition) is 3. The van der Waals surface area contributed by atoms with Crippen LogP contribution in [-0.2, 0) is 26.4 Å². The molecular weight excluding hydrogens is 431 g/mol. The first-order valence-electron chi connectivity index (χ1n) is 10.3. The van der Waals surface area contributed by atoms with Gasteiger partial charge in [-0.15, -0.1) is 10.2 Å². The molecule has 0 saturated carbocycles. The van der Waals surface area contributed by atoms with Crippen molar-refractivity contribution in [2.45, 2.75) is 43.6 Å². The van der Waals surface area contributed by atoms with E-state index in [-0.39, 0.29) is 37.1 Å². The molecule has 1 aromatic carbocycles. The molecule has 2 fully saturated rings. The summed E-state index contributed by atoms with van der Waals surface area (Å²) in [4.78, 5) is 0. The van der Waals surface area contributed by atoms with Crippen LogP contribution in [0.2, 0.25) is 0 Å². The summed E-state index contributed by atoms with van der Waals surface area (Å²) in [7, 11) is 0. The number of aliphatic hydroxyl groups excluding tert-OH is 1. The predicted molar refractivity (Wildman–Crippen MR) is 105 cm³/mol. The van der Waals surface area contributed by atoms with Crippen molar-refractivity contribution in [2.75, 3.05) is 31.7 Å². The maximum Gasteiger partial charge on any atom is 0.264 e. The van der Waals surface area contributed by atoms with Crippen molar-refractivity contribution in [3.05, 3.63) is 34.6 Å². The van der Waals surface area contributed by atoms with Gasteiger partial charge >= 0.3 is 0 Å². The monoisotopic (exact) mass is 453 g/mol. The molecule has 8 nitrogen and oxygen atoms in total. The molecule has 172 valence electrons. The highest BCUT2D eigenvalue weighted by Gasteiger charge is 2.48. The number of nitrogens with one attached hydrogen (secondary N) is 1. The molecule has 0 bridgehead atoms. The molecule has 3 atom stereocenters. The van der Waals surface area contributed by atoms with Gasteiger partial charge in [0.15, 0.2) is 5.82 Å². The number of ether oxygens (including phenoxy) is 3. The van der Waals surface area contributed by atoms with Gasteiger partial charge in [-0.3, -0.25) is 0 Å². The minimum absolute atomic E-state index is 0.0256. The van der Waals surface area contributed by atoms with E-state index < -0.39 is 35.3 Å². The first-order chi connectivity index (χ1) is 15.4. The fraction of sp³-hybridized carbons (Fsp3) is 0.524. The lowest BCUT2D eigenvalue weighted by Gasteiger charge is -2.31.